The third-order valence-electron chi connectivity index (χ3n) is 4.94. The lowest BCUT2D eigenvalue weighted by molar-refractivity contribution is 0.365. The Kier molecular flexibility index (Phi) is 4.99. The zero-order valence-electron chi connectivity index (χ0n) is 16.5. The zero-order valence-corrected chi connectivity index (χ0v) is 18.2. The Morgan fingerprint density at radius 2 is 2.00 bits per heavy atom. The van der Waals surface area contributed by atoms with Crippen molar-refractivity contribution in [1.82, 2.24) is 24.5 Å². The van der Waals surface area contributed by atoms with E-state index in [0.717, 1.165) is 0 Å². The van der Waals surface area contributed by atoms with Crippen LogP contribution in [0.5, 0.6) is 0 Å². The molecule has 0 bridgehead atoms. The molecule has 0 aliphatic carbocycles. The molecule has 11 heteroatoms. The Labute approximate surface area is 172 Å². The van der Waals surface area contributed by atoms with Crippen LogP contribution in [0.2, 0.25) is 0 Å². The molecule has 0 atom stereocenters. The Morgan fingerprint density at radius 3 is 2.62 bits per heavy atom. The first-order chi connectivity index (χ1) is 13.6. The average molecular weight is 437 g/mol. The van der Waals surface area contributed by atoms with Crippen LogP contribution in [0.25, 0.3) is 11.0 Å². The fraction of sp³-hybridized carbons (Fsp3) is 0.500. The molecule has 29 heavy (non-hydrogen) atoms. The molecule has 2 N–H and O–H groups in total. The monoisotopic (exact) mass is 436 g/mol. The topological polar surface area (TPSA) is 113 Å². The molecule has 156 valence electrons. The van der Waals surface area contributed by atoms with Gasteiger partial charge in [-0.05, 0) is 45.1 Å². The van der Waals surface area contributed by atoms with E-state index in [4.69, 9.17) is 0 Å². The number of H-pyrrole nitrogens is 1. The van der Waals surface area contributed by atoms with Crippen molar-refractivity contribution in [3.63, 3.8) is 0 Å². The summed E-state index contributed by atoms with van der Waals surface area (Å²) in [6, 6.07) is 3.18. The summed E-state index contributed by atoms with van der Waals surface area (Å²) in [5, 5.41) is 6.54. The minimum absolute atomic E-state index is 0.145. The number of fused-ring (bicyclic) bond motifs is 1. The van der Waals surface area contributed by atoms with Gasteiger partial charge in [0.1, 0.15) is 9.60 Å². The summed E-state index contributed by atoms with van der Waals surface area (Å²) in [4.78, 5) is 22.0. The molecule has 9 nitrogen and oxygen atoms in total. The zero-order chi connectivity index (χ0) is 20.8. The summed E-state index contributed by atoms with van der Waals surface area (Å²) < 4.78 is 29.7. The van der Waals surface area contributed by atoms with Gasteiger partial charge in [0.05, 0.1) is 11.7 Å². The van der Waals surface area contributed by atoms with Gasteiger partial charge >= 0.3 is 0 Å². The van der Waals surface area contributed by atoms with Crippen LogP contribution in [0.3, 0.4) is 0 Å². The lowest BCUT2D eigenvalue weighted by atomic mass is 10.1. The number of aromatic amines is 1. The molecule has 3 aromatic rings. The molecule has 0 aromatic carbocycles. The smallest absolute Gasteiger partial charge is 0.263 e. The van der Waals surface area contributed by atoms with Crippen LogP contribution in [0.1, 0.15) is 33.6 Å². The minimum Gasteiger partial charge on any atom is -0.342 e. The highest BCUT2D eigenvalue weighted by Crippen LogP contribution is 2.23. The summed E-state index contributed by atoms with van der Waals surface area (Å²) >= 11 is 1.20. The lowest BCUT2D eigenvalue weighted by Gasteiger charge is -2.32. The minimum atomic E-state index is -3.48. The van der Waals surface area contributed by atoms with Crippen molar-refractivity contribution in [1.29, 1.82) is 0 Å². The second-order valence-electron chi connectivity index (χ2n) is 8.17. The van der Waals surface area contributed by atoms with Gasteiger partial charge in [-0.2, -0.15) is 10.1 Å². The maximum atomic E-state index is 12.5. The van der Waals surface area contributed by atoms with Gasteiger partial charge in [0.15, 0.2) is 5.65 Å². The van der Waals surface area contributed by atoms with E-state index >= 15 is 0 Å². The molecule has 4 heterocycles. The largest absolute Gasteiger partial charge is 0.342 e. The van der Waals surface area contributed by atoms with Gasteiger partial charge in [-0.25, -0.2) is 17.8 Å². The predicted octanol–water partition coefficient (Wildman–Crippen LogP) is 1.88. The SMILES string of the molecule is CC(C)(C)n1ncc2c(=O)[nH]c(N3CCC(NS(=O)(=O)c4cccs4)CC3)nc21. The summed E-state index contributed by atoms with van der Waals surface area (Å²) in [6.07, 6.45) is 2.80. The van der Waals surface area contributed by atoms with Gasteiger partial charge in [-0.3, -0.25) is 9.78 Å². The molecule has 4 rings (SSSR count). The molecule has 0 unspecified atom stereocenters. The van der Waals surface area contributed by atoms with Crippen LogP contribution in [0.15, 0.2) is 32.7 Å². The number of thiophene rings is 1. The van der Waals surface area contributed by atoms with Gasteiger partial charge in [0.25, 0.3) is 5.56 Å². The van der Waals surface area contributed by atoms with Crippen molar-refractivity contribution in [2.45, 2.75) is 49.4 Å². The summed E-state index contributed by atoms with van der Waals surface area (Å²) in [5.74, 6) is 0.494. The van der Waals surface area contributed by atoms with E-state index in [1.807, 2.05) is 25.7 Å². The van der Waals surface area contributed by atoms with E-state index < -0.39 is 10.0 Å². The third-order valence-corrected chi connectivity index (χ3v) is 7.86. The van der Waals surface area contributed by atoms with Crippen LogP contribution in [0.4, 0.5) is 5.95 Å². The van der Waals surface area contributed by atoms with E-state index in [1.54, 1.807) is 28.4 Å². The van der Waals surface area contributed by atoms with Crippen LogP contribution >= 0.6 is 11.3 Å². The number of nitrogens with zero attached hydrogens (tertiary/aromatic N) is 4. The van der Waals surface area contributed by atoms with Gasteiger partial charge in [0, 0.05) is 19.1 Å². The number of hydrogen-bond acceptors (Lipinski definition) is 7. The Morgan fingerprint density at radius 1 is 1.28 bits per heavy atom. The second-order valence-corrected chi connectivity index (χ2v) is 11.1. The lowest BCUT2D eigenvalue weighted by Crippen LogP contribution is -2.45. The Hall–Kier alpha value is -2.24. The van der Waals surface area contributed by atoms with E-state index in [2.05, 4.69) is 19.8 Å². The maximum absolute atomic E-state index is 12.5. The third kappa shape index (κ3) is 3.94. The summed E-state index contributed by atoms with van der Waals surface area (Å²) in [7, 11) is -3.48. The van der Waals surface area contributed by atoms with Crippen LogP contribution in [0, 0.1) is 0 Å². The molecule has 0 radical (unpaired) electrons. The first-order valence-corrected chi connectivity index (χ1v) is 11.8. The van der Waals surface area contributed by atoms with E-state index in [1.165, 1.54) is 11.3 Å². The molecule has 1 aliphatic rings. The molecular formula is C18H24N6O3S2. The number of anilines is 1. The fourth-order valence-electron chi connectivity index (χ4n) is 3.45. The van der Waals surface area contributed by atoms with E-state index in [9.17, 15) is 13.2 Å². The Balaban J connectivity index is 1.51. The highest BCUT2D eigenvalue weighted by atomic mass is 32.2. The molecule has 3 aromatic heterocycles. The normalized spacial score (nSPS) is 16.6. The molecule has 1 saturated heterocycles. The summed E-state index contributed by atoms with van der Waals surface area (Å²) in [6.45, 7) is 7.21. The standard InChI is InChI=1S/C18H24N6O3S2/c1-18(2,3)24-15-13(11-19-24)16(25)21-17(20-15)23-8-6-12(7-9-23)22-29(26,27)14-5-4-10-28-14/h4-5,10-12,22H,6-9H2,1-3H3,(H,20,21,25). The summed E-state index contributed by atoms with van der Waals surface area (Å²) in [5.41, 5.74) is 0.0326. The number of piperidine rings is 1. The molecule has 1 aliphatic heterocycles. The maximum Gasteiger partial charge on any atom is 0.263 e. The second kappa shape index (κ2) is 7.22. The molecule has 0 amide bonds. The van der Waals surface area contributed by atoms with Crippen LogP contribution in [-0.2, 0) is 15.6 Å². The number of hydrogen-bond donors (Lipinski definition) is 2. The molecular weight excluding hydrogens is 412 g/mol. The first kappa shape index (κ1) is 20.0. The van der Waals surface area contributed by atoms with Crippen molar-refractivity contribution < 1.29 is 8.42 Å². The number of aromatic nitrogens is 4. The average Bonchev–Trinajstić information content (AvgIpc) is 3.32. The fourth-order valence-corrected chi connectivity index (χ4v) is 5.77. The van der Waals surface area contributed by atoms with Gasteiger partial charge in [0.2, 0.25) is 16.0 Å². The highest BCUT2D eigenvalue weighted by molar-refractivity contribution is 7.91. The number of nitrogens with one attached hydrogen (secondary N) is 2. The van der Waals surface area contributed by atoms with Gasteiger partial charge in [-0.15, -0.1) is 11.3 Å². The van der Waals surface area contributed by atoms with Crippen molar-refractivity contribution in [2.75, 3.05) is 18.0 Å². The van der Waals surface area contributed by atoms with Crippen LogP contribution in [-0.4, -0.2) is 47.3 Å². The van der Waals surface area contributed by atoms with E-state index in [-0.39, 0.29) is 17.1 Å². The molecule has 0 saturated carbocycles. The van der Waals surface area contributed by atoms with Crippen molar-refractivity contribution in [3.05, 3.63) is 34.1 Å². The first-order valence-electron chi connectivity index (χ1n) is 9.44. The van der Waals surface area contributed by atoms with Crippen molar-refractivity contribution in [3.8, 4) is 0 Å². The van der Waals surface area contributed by atoms with Crippen molar-refractivity contribution >= 4 is 38.3 Å². The van der Waals surface area contributed by atoms with Gasteiger partial charge in [-0.1, -0.05) is 6.07 Å². The van der Waals surface area contributed by atoms with Crippen molar-refractivity contribution in [2.24, 2.45) is 0 Å². The Bertz CT molecular complexity index is 1170. The number of sulfonamides is 1. The quantitative estimate of drug-likeness (QED) is 0.646. The highest BCUT2D eigenvalue weighted by Gasteiger charge is 2.27. The number of rotatable bonds is 4. The van der Waals surface area contributed by atoms with Gasteiger partial charge < -0.3 is 4.90 Å². The van der Waals surface area contributed by atoms with Crippen LogP contribution < -0.4 is 15.2 Å². The molecule has 0 spiro atoms. The van der Waals surface area contributed by atoms with E-state index in [0.29, 0.717) is 47.1 Å². The molecule has 1 fully saturated rings. The predicted molar refractivity (Wildman–Crippen MR) is 113 cm³/mol.